The van der Waals surface area contributed by atoms with Gasteiger partial charge in [0.05, 0.1) is 18.2 Å². The number of carbonyl (C=O) groups is 1. The predicted molar refractivity (Wildman–Crippen MR) is 97.2 cm³/mol. The zero-order valence-corrected chi connectivity index (χ0v) is 14.9. The first-order valence-electron chi connectivity index (χ1n) is 7.04. The number of oxime groups is 1. The van der Waals surface area contributed by atoms with Gasteiger partial charge in [-0.1, -0.05) is 11.2 Å². The first kappa shape index (κ1) is 20.9. The lowest BCUT2D eigenvalue weighted by molar-refractivity contribution is 0.0976. The molecule has 2 rings (SSSR count). The van der Waals surface area contributed by atoms with E-state index in [0.29, 0.717) is 11.8 Å². The molecule has 0 radical (unpaired) electrons. The summed E-state index contributed by atoms with van der Waals surface area (Å²) < 4.78 is 27.7. The van der Waals surface area contributed by atoms with E-state index in [1.54, 1.807) is 24.4 Å². The maximum atomic E-state index is 11.8. The Balaban J connectivity index is 0.000000597. The van der Waals surface area contributed by atoms with Gasteiger partial charge in [0, 0.05) is 17.4 Å². The maximum absolute atomic E-state index is 11.8. The molecule has 0 saturated heterocycles. The molecule has 0 aliphatic carbocycles. The maximum Gasteiger partial charge on any atom is 0.261 e. The van der Waals surface area contributed by atoms with E-state index in [4.69, 9.17) is 15.7 Å². The fourth-order valence-corrected chi connectivity index (χ4v) is 1.83. The molecule has 1 heterocycles. The van der Waals surface area contributed by atoms with Gasteiger partial charge in [0.15, 0.2) is 5.96 Å². The number of guanidine groups is 1. The summed E-state index contributed by atoms with van der Waals surface area (Å²) in [4.78, 5) is 16.5. The summed E-state index contributed by atoms with van der Waals surface area (Å²) in [7, 11) is -2.20. The highest BCUT2D eigenvalue weighted by Crippen LogP contribution is 2.14. The Bertz CT molecular complexity index is 897. The Morgan fingerprint density at radius 1 is 1.38 bits per heavy atom. The number of benzene rings is 1. The van der Waals surface area contributed by atoms with Crippen LogP contribution in [0.3, 0.4) is 0 Å². The average Bonchev–Trinajstić information content (AvgIpc) is 2.99. The summed E-state index contributed by atoms with van der Waals surface area (Å²) in [6, 6.07) is 10.7. The Hall–Kier alpha value is -3.18. The van der Waals surface area contributed by atoms with E-state index in [2.05, 4.69) is 15.3 Å². The molecule has 140 valence electrons. The molecule has 10 nitrogen and oxygen atoms in total. The standard InChI is InChI=1S/C14H15N5O2.CH4O3S/c1-21-17-9-12-6-3-7-19(12)11-5-2-4-10(8-11)13(20)18-14(15)16;1-5(2,3)4/h2-9H,1H3,(H4,15,16,18,20);1H3,(H,2,3,4). The lowest BCUT2D eigenvalue weighted by atomic mass is 10.2. The molecule has 1 aromatic carbocycles. The van der Waals surface area contributed by atoms with Crippen LogP contribution in [0.5, 0.6) is 0 Å². The number of nitrogens with one attached hydrogen (secondary N) is 2. The van der Waals surface area contributed by atoms with Crippen molar-refractivity contribution >= 4 is 28.2 Å². The fourth-order valence-electron chi connectivity index (χ4n) is 1.83. The SMILES string of the molecule is CON=Cc1cccn1-c1cccc(C(=O)NC(=N)N)c1.CS(=O)(=O)O. The number of aromatic nitrogens is 1. The first-order chi connectivity index (χ1) is 12.1. The molecule has 0 bridgehead atoms. The van der Waals surface area contributed by atoms with Crippen LogP contribution in [-0.2, 0) is 15.0 Å². The largest absolute Gasteiger partial charge is 0.399 e. The Morgan fingerprint density at radius 3 is 2.62 bits per heavy atom. The molecule has 1 amide bonds. The topological polar surface area (TPSA) is 160 Å². The smallest absolute Gasteiger partial charge is 0.261 e. The van der Waals surface area contributed by atoms with Crippen molar-refractivity contribution < 1.29 is 22.6 Å². The number of rotatable bonds is 4. The lowest BCUT2D eigenvalue weighted by Crippen LogP contribution is -2.35. The highest BCUT2D eigenvalue weighted by Gasteiger charge is 2.08. The van der Waals surface area contributed by atoms with Gasteiger partial charge in [-0.3, -0.25) is 20.1 Å². The molecule has 0 atom stereocenters. The minimum absolute atomic E-state index is 0.390. The minimum Gasteiger partial charge on any atom is -0.399 e. The predicted octanol–water partition coefficient (Wildman–Crippen LogP) is 0.585. The van der Waals surface area contributed by atoms with Crippen molar-refractivity contribution in [3.8, 4) is 5.69 Å². The second kappa shape index (κ2) is 9.34. The van der Waals surface area contributed by atoms with Gasteiger partial charge in [-0.25, -0.2) is 0 Å². The number of nitrogens with two attached hydrogens (primary N) is 1. The van der Waals surface area contributed by atoms with Crippen molar-refractivity contribution in [3.63, 3.8) is 0 Å². The summed E-state index contributed by atoms with van der Waals surface area (Å²) >= 11 is 0. The number of hydrogen-bond acceptors (Lipinski definition) is 6. The summed E-state index contributed by atoms with van der Waals surface area (Å²) in [5, 5.41) is 13.1. The molecule has 0 saturated carbocycles. The highest BCUT2D eigenvalue weighted by molar-refractivity contribution is 7.85. The summed E-state index contributed by atoms with van der Waals surface area (Å²) in [6.07, 6.45) is 4.13. The number of carbonyl (C=O) groups excluding carboxylic acids is 1. The van der Waals surface area contributed by atoms with Gasteiger partial charge in [-0.05, 0) is 30.3 Å². The van der Waals surface area contributed by atoms with Crippen LogP contribution in [-0.4, -0.2) is 49.0 Å². The zero-order valence-electron chi connectivity index (χ0n) is 14.1. The molecule has 0 spiro atoms. The van der Waals surface area contributed by atoms with Crippen molar-refractivity contribution in [2.45, 2.75) is 0 Å². The summed E-state index contributed by atoms with van der Waals surface area (Å²) in [5.41, 5.74) is 7.16. The van der Waals surface area contributed by atoms with Crippen LogP contribution in [0.2, 0.25) is 0 Å². The van der Waals surface area contributed by atoms with Gasteiger partial charge in [-0.2, -0.15) is 8.42 Å². The normalized spacial score (nSPS) is 10.7. The first-order valence-corrected chi connectivity index (χ1v) is 8.89. The zero-order chi connectivity index (χ0) is 19.7. The third kappa shape index (κ3) is 7.59. The van der Waals surface area contributed by atoms with E-state index < -0.39 is 16.0 Å². The molecule has 26 heavy (non-hydrogen) atoms. The van der Waals surface area contributed by atoms with Crippen molar-refractivity contribution in [1.82, 2.24) is 9.88 Å². The van der Waals surface area contributed by atoms with Gasteiger partial charge in [0.25, 0.3) is 16.0 Å². The molecule has 0 aliphatic heterocycles. The second-order valence-corrected chi connectivity index (χ2v) is 6.34. The summed E-state index contributed by atoms with van der Waals surface area (Å²) in [6.45, 7) is 0. The van der Waals surface area contributed by atoms with Crippen molar-refractivity contribution in [2.24, 2.45) is 10.9 Å². The van der Waals surface area contributed by atoms with Crippen LogP contribution < -0.4 is 11.1 Å². The Morgan fingerprint density at radius 2 is 2.04 bits per heavy atom. The van der Waals surface area contributed by atoms with Crippen LogP contribution >= 0.6 is 0 Å². The van der Waals surface area contributed by atoms with E-state index in [-0.39, 0.29) is 5.96 Å². The van der Waals surface area contributed by atoms with Crippen LogP contribution in [0.15, 0.2) is 47.8 Å². The van der Waals surface area contributed by atoms with Crippen LogP contribution in [0, 0.1) is 5.41 Å². The fraction of sp³-hybridized carbons (Fsp3) is 0.133. The monoisotopic (exact) mass is 381 g/mol. The number of hydrogen-bond donors (Lipinski definition) is 4. The van der Waals surface area contributed by atoms with E-state index in [0.717, 1.165) is 11.4 Å². The lowest BCUT2D eigenvalue weighted by Gasteiger charge is -2.08. The molecule has 11 heteroatoms. The highest BCUT2D eigenvalue weighted by atomic mass is 32.2. The molecule has 0 fully saturated rings. The van der Waals surface area contributed by atoms with Crippen molar-refractivity contribution in [3.05, 3.63) is 53.9 Å². The van der Waals surface area contributed by atoms with Gasteiger partial charge in [0.1, 0.15) is 7.11 Å². The molecule has 0 unspecified atom stereocenters. The van der Waals surface area contributed by atoms with Crippen molar-refractivity contribution in [2.75, 3.05) is 13.4 Å². The van der Waals surface area contributed by atoms with Crippen LogP contribution in [0.25, 0.3) is 5.69 Å². The van der Waals surface area contributed by atoms with E-state index >= 15 is 0 Å². The van der Waals surface area contributed by atoms with Gasteiger partial charge < -0.3 is 15.1 Å². The Kier molecular flexibility index (Phi) is 7.50. The third-order valence-corrected chi connectivity index (χ3v) is 2.71. The summed E-state index contributed by atoms with van der Waals surface area (Å²) in [5.74, 6) is -0.817. The number of amides is 1. The Labute approximate surface area is 150 Å². The molecule has 2 aromatic rings. The van der Waals surface area contributed by atoms with Gasteiger partial charge in [-0.15, -0.1) is 0 Å². The van der Waals surface area contributed by atoms with E-state index in [1.165, 1.54) is 7.11 Å². The minimum atomic E-state index is -3.67. The molecule has 1 aromatic heterocycles. The van der Waals surface area contributed by atoms with Crippen molar-refractivity contribution in [1.29, 1.82) is 5.41 Å². The van der Waals surface area contributed by atoms with E-state index in [1.807, 2.05) is 29.0 Å². The van der Waals surface area contributed by atoms with Gasteiger partial charge in [0.2, 0.25) is 0 Å². The second-order valence-electron chi connectivity index (χ2n) is 4.87. The molecular weight excluding hydrogens is 362 g/mol. The molecule has 0 aliphatic rings. The molecule has 5 N–H and O–H groups in total. The van der Waals surface area contributed by atoms with Crippen LogP contribution in [0.1, 0.15) is 16.1 Å². The van der Waals surface area contributed by atoms with Crippen LogP contribution in [0.4, 0.5) is 0 Å². The third-order valence-electron chi connectivity index (χ3n) is 2.71. The van der Waals surface area contributed by atoms with E-state index in [9.17, 15) is 13.2 Å². The van der Waals surface area contributed by atoms with Gasteiger partial charge >= 0.3 is 0 Å². The quantitative estimate of drug-likeness (QED) is 0.262. The average molecular weight is 381 g/mol. The molecular formula is C15H19N5O5S. The number of nitrogens with zero attached hydrogens (tertiary/aromatic N) is 2.